The highest BCUT2D eigenvalue weighted by Crippen LogP contribution is 2.48. The molecule has 1 N–H and O–H groups in total. The van der Waals surface area contributed by atoms with Gasteiger partial charge in [0.05, 0.1) is 17.4 Å². The summed E-state index contributed by atoms with van der Waals surface area (Å²) in [5, 5.41) is 13.4. The van der Waals surface area contributed by atoms with Crippen LogP contribution in [0.5, 0.6) is 0 Å². The maximum atomic E-state index is 13.4. The highest BCUT2D eigenvalue weighted by Gasteiger charge is 2.48. The second-order valence-electron chi connectivity index (χ2n) is 9.46. The molecule has 0 atom stereocenters. The monoisotopic (exact) mass is 516 g/mol. The molecule has 2 aromatic heterocycles. The van der Waals surface area contributed by atoms with Crippen molar-refractivity contribution < 1.29 is 9.18 Å². The Bertz CT molecular complexity index is 1360. The number of urea groups is 1. The van der Waals surface area contributed by atoms with Gasteiger partial charge < -0.3 is 5.32 Å². The average Bonchev–Trinajstić information content (AvgIpc) is 3.24. The Hall–Kier alpha value is -3.80. The summed E-state index contributed by atoms with van der Waals surface area (Å²) in [7, 11) is 0. The van der Waals surface area contributed by atoms with E-state index in [-0.39, 0.29) is 18.0 Å². The van der Waals surface area contributed by atoms with Crippen LogP contribution in [-0.2, 0) is 12.0 Å². The number of carbonyl (C=O) groups excluding carboxylic acids is 1. The van der Waals surface area contributed by atoms with Crippen LogP contribution in [0.1, 0.15) is 35.1 Å². The summed E-state index contributed by atoms with van der Waals surface area (Å²) in [6, 6.07) is 12.7. The SMILES string of the molecule is N#Cc1cncc2c1C1(CCN(C/C=C/c3ccc(Cl)cc3)CC1)CN2C(=O)NCc1ccnc(F)c1. The van der Waals surface area contributed by atoms with Crippen LogP contribution in [0.15, 0.2) is 61.1 Å². The van der Waals surface area contributed by atoms with Crippen molar-refractivity contribution in [1.29, 1.82) is 5.26 Å². The van der Waals surface area contributed by atoms with Crippen molar-refractivity contribution in [2.75, 3.05) is 31.1 Å². The first-order chi connectivity index (χ1) is 18.0. The summed E-state index contributed by atoms with van der Waals surface area (Å²) in [5.41, 5.74) is 3.52. The molecule has 7 nitrogen and oxygen atoms in total. The molecule has 0 radical (unpaired) electrons. The smallest absolute Gasteiger partial charge is 0.322 e. The Morgan fingerprint density at radius 3 is 2.73 bits per heavy atom. The van der Waals surface area contributed by atoms with Crippen LogP contribution in [-0.4, -0.2) is 47.1 Å². The summed E-state index contributed by atoms with van der Waals surface area (Å²) in [6.45, 7) is 3.18. The van der Waals surface area contributed by atoms with Gasteiger partial charge in [-0.15, -0.1) is 0 Å². The fraction of sp³-hybridized carbons (Fsp3) is 0.286. The number of fused-ring (bicyclic) bond motifs is 2. The molecule has 5 rings (SSSR count). The van der Waals surface area contributed by atoms with E-state index in [0.29, 0.717) is 23.4 Å². The molecule has 2 aliphatic rings. The van der Waals surface area contributed by atoms with Gasteiger partial charge in [0, 0.05) is 48.0 Å². The number of nitrogens with one attached hydrogen (secondary N) is 1. The number of hydrogen-bond acceptors (Lipinski definition) is 5. The lowest BCUT2D eigenvalue weighted by Crippen LogP contribution is -2.47. The van der Waals surface area contributed by atoms with Gasteiger partial charge in [-0.1, -0.05) is 35.9 Å². The topological polar surface area (TPSA) is 85.2 Å². The van der Waals surface area contributed by atoms with Crippen LogP contribution in [0.3, 0.4) is 0 Å². The molecule has 9 heteroatoms. The lowest BCUT2D eigenvalue weighted by atomic mass is 9.73. The Morgan fingerprint density at radius 2 is 2.00 bits per heavy atom. The van der Waals surface area contributed by atoms with E-state index in [1.54, 1.807) is 23.4 Å². The Balaban J connectivity index is 1.28. The molecule has 0 bridgehead atoms. The predicted molar refractivity (Wildman–Crippen MR) is 141 cm³/mol. The van der Waals surface area contributed by atoms with E-state index < -0.39 is 5.95 Å². The lowest BCUT2D eigenvalue weighted by molar-refractivity contribution is 0.180. The fourth-order valence-corrected chi connectivity index (χ4v) is 5.38. The van der Waals surface area contributed by atoms with Crippen molar-refractivity contribution in [2.45, 2.75) is 24.8 Å². The zero-order chi connectivity index (χ0) is 25.8. The van der Waals surface area contributed by atoms with Crippen molar-refractivity contribution in [2.24, 2.45) is 0 Å². The Kier molecular flexibility index (Phi) is 7.17. The van der Waals surface area contributed by atoms with Crippen LogP contribution in [0.2, 0.25) is 5.02 Å². The molecule has 0 unspecified atom stereocenters. The van der Waals surface area contributed by atoms with E-state index in [1.807, 2.05) is 24.3 Å². The number of nitriles is 1. The maximum Gasteiger partial charge on any atom is 0.322 e. The van der Waals surface area contributed by atoms with Crippen molar-refractivity contribution in [3.63, 3.8) is 0 Å². The summed E-state index contributed by atoms with van der Waals surface area (Å²) >= 11 is 5.96. The number of likely N-dealkylation sites (tertiary alicyclic amines) is 1. The summed E-state index contributed by atoms with van der Waals surface area (Å²) in [6.07, 6.45) is 10.5. The Morgan fingerprint density at radius 1 is 1.22 bits per heavy atom. The van der Waals surface area contributed by atoms with Gasteiger partial charge in [-0.05, 0) is 61.3 Å². The van der Waals surface area contributed by atoms with E-state index in [1.165, 1.54) is 12.3 Å². The third-order valence-corrected chi connectivity index (χ3v) is 7.42. The number of nitrogens with zero attached hydrogens (tertiary/aromatic N) is 5. The first-order valence-electron chi connectivity index (χ1n) is 12.2. The van der Waals surface area contributed by atoms with Gasteiger partial charge in [0.2, 0.25) is 5.95 Å². The lowest BCUT2D eigenvalue weighted by Gasteiger charge is -2.39. The average molecular weight is 517 g/mol. The van der Waals surface area contributed by atoms with Crippen molar-refractivity contribution in [1.82, 2.24) is 20.2 Å². The molecule has 1 aromatic carbocycles. The van der Waals surface area contributed by atoms with Gasteiger partial charge in [-0.2, -0.15) is 9.65 Å². The van der Waals surface area contributed by atoms with Crippen LogP contribution in [0.4, 0.5) is 14.9 Å². The molecule has 0 saturated carbocycles. The Labute approximate surface area is 220 Å². The van der Waals surface area contributed by atoms with Gasteiger partial charge in [-0.25, -0.2) is 9.78 Å². The number of carbonyl (C=O) groups is 1. The fourth-order valence-electron chi connectivity index (χ4n) is 5.25. The minimum atomic E-state index is -0.588. The van der Waals surface area contributed by atoms with E-state index in [4.69, 9.17) is 11.6 Å². The third-order valence-electron chi connectivity index (χ3n) is 7.17. The van der Waals surface area contributed by atoms with Gasteiger partial charge in [0.1, 0.15) is 6.07 Å². The normalized spacial score (nSPS) is 16.6. The number of amides is 2. The molecule has 1 fully saturated rings. The molecular weight excluding hydrogens is 491 g/mol. The number of halogens is 2. The van der Waals surface area contributed by atoms with Crippen LogP contribution in [0, 0.1) is 17.3 Å². The second kappa shape index (κ2) is 10.7. The van der Waals surface area contributed by atoms with Crippen LogP contribution in [0.25, 0.3) is 6.08 Å². The first kappa shape index (κ1) is 24.9. The zero-order valence-electron chi connectivity index (χ0n) is 20.2. The second-order valence-corrected chi connectivity index (χ2v) is 9.90. The molecule has 37 heavy (non-hydrogen) atoms. The molecular formula is C28H26ClFN6O. The number of anilines is 1. The number of aromatic nitrogens is 2. The molecule has 1 spiro atoms. The predicted octanol–water partition coefficient (Wildman–Crippen LogP) is 4.92. The highest BCUT2D eigenvalue weighted by atomic mass is 35.5. The molecule has 188 valence electrons. The van der Waals surface area contributed by atoms with Crippen molar-refractivity contribution in [3.8, 4) is 6.07 Å². The largest absolute Gasteiger partial charge is 0.334 e. The third kappa shape index (κ3) is 5.33. The summed E-state index contributed by atoms with van der Waals surface area (Å²) in [4.78, 5) is 25.1. The molecule has 4 heterocycles. The van der Waals surface area contributed by atoms with Crippen molar-refractivity contribution in [3.05, 3.63) is 94.3 Å². The minimum absolute atomic E-state index is 0.177. The van der Waals surface area contributed by atoms with E-state index in [2.05, 4.69) is 38.4 Å². The molecule has 0 aliphatic carbocycles. The van der Waals surface area contributed by atoms with Gasteiger partial charge in [0.25, 0.3) is 0 Å². The standard InChI is InChI=1S/C28H26ClFN6O/c29-23-5-3-20(4-6-23)2-1-11-35-12-8-28(9-13-35)19-36(24-18-32-17-22(15-31)26(24)28)27(37)34-16-21-7-10-33-25(30)14-21/h1-7,10,14,17-18H,8-9,11-13,16,19H2,(H,34,37)/b2-1+. The van der Waals surface area contributed by atoms with Gasteiger partial charge in [0.15, 0.2) is 0 Å². The van der Waals surface area contributed by atoms with E-state index in [0.717, 1.165) is 48.6 Å². The van der Waals surface area contributed by atoms with E-state index in [9.17, 15) is 14.4 Å². The minimum Gasteiger partial charge on any atom is -0.334 e. The number of rotatable bonds is 5. The quantitative estimate of drug-likeness (QED) is 0.487. The number of pyridine rings is 2. The van der Waals surface area contributed by atoms with Crippen LogP contribution < -0.4 is 10.2 Å². The number of benzene rings is 1. The van der Waals surface area contributed by atoms with Crippen molar-refractivity contribution >= 4 is 29.4 Å². The maximum absolute atomic E-state index is 13.4. The summed E-state index contributed by atoms with van der Waals surface area (Å²) in [5.74, 6) is -0.588. The van der Waals surface area contributed by atoms with Crippen LogP contribution >= 0.6 is 11.6 Å². The highest BCUT2D eigenvalue weighted by molar-refractivity contribution is 6.30. The number of hydrogen-bond donors (Lipinski definition) is 1. The van der Waals surface area contributed by atoms with Gasteiger partial charge in [-0.3, -0.25) is 14.8 Å². The molecule has 2 amide bonds. The number of piperidine rings is 1. The van der Waals surface area contributed by atoms with Gasteiger partial charge >= 0.3 is 6.03 Å². The first-order valence-corrected chi connectivity index (χ1v) is 12.5. The van der Waals surface area contributed by atoms with E-state index >= 15 is 0 Å². The zero-order valence-corrected chi connectivity index (χ0v) is 21.0. The molecule has 3 aromatic rings. The summed E-state index contributed by atoms with van der Waals surface area (Å²) < 4.78 is 13.4. The molecule has 2 aliphatic heterocycles. The molecule has 1 saturated heterocycles.